The largest absolute Gasteiger partial charge is 0.334 e. The van der Waals surface area contributed by atoms with Crippen molar-refractivity contribution in [3.63, 3.8) is 0 Å². The van der Waals surface area contributed by atoms with Crippen LogP contribution in [-0.2, 0) is 19.2 Å². The Balaban J connectivity index is 1.42. The average Bonchev–Trinajstić information content (AvgIpc) is 3.37. The van der Waals surface area contributed by atoms with E-state index in [1.165, 1.54) is 9.71 Å². The number of imide groups is 2. The van der Waals surface area contributed by atoms with Gasteiger partial charge in [0.15, 0.2) is 0 Å². The third kappa shape index (κ3) is 1.30. The van der Waals surface area contributed by atoms with Gasteiger partial charge in [0.25, 0.3) is 7.41 Å². The van der Waals surface area contributed by atoms with Gasteiger partial charge in [0.05, 0.1) is 23.7 Å². The van der Waals surface area contributed by atoms with Crippen molar-refractivity contribution >= 4 is 31.0 Å². The number of rotatable bonds is 1. The lowest BCUT2D eigenvalue weighted by Gasteiger charge is -2.42. The van der Waals surface area contributed by atoms with Crippen LogP contribution in [0.3, 0.4) is 0 Å². The summed E-state index contributed by atoms with van der Waals surface area (Å²) in [5, 5.41) is 0. The van der Waals surface area contributed by atoms with E-state index in [2.05, 4.69) is 0 Å². The summed E-state index contributed by atoms with van der Waals surface area (Å²) in [4.78, 5) is 53.3. The van der Waals surface area contributed by atoms with Crippen LogP contribution in [0.25, 0.3) is 0 Å². The molecule has 6 fully saturated rings. The molecular formula is C18H20BN2O4. The van der Waals surface area contributed by atoms with E-state index in [1.54, 1.807) is 21.3 Å². The first-order valence-electron chi connectivity index (χ1n) is 9.45. The summed E-state index contributed by atoms with van der Waals surface area (Å²) in [5.41, 5.74) is 0. The Morgan fingerprint density at radius 1 is 0.720 bits per heavy atom. The topological polar surface area (TPSA) is 74.8 Å². The van der Waals surface area contributed by atoms with E-state index in [-0.39, 0.29) is 71.0 Å². The standard InChI is InChI=1S/C18H20BN2O4/c1-19-21-17(24)13-7-4-8(14(13)18(21)25)10-6-3-5(9(7)10)11-12(6)16(23)20(2)15(11)22/h5-14H,3-4H2,1-2H3/t5-,6+,7-,8+,9?,10?,11-,12+,13-,14+. The number of hydrogen-bond acceptors (Lipinski definition) is 4. The Hall–Kier alpha value is -1.66. The van der Waals surface area contributed by atoms with Crippen molar-refractivity contribution in [1.82, 2.24) is 9.71 Å². The molecule has 129 valence electrons. The molecule has 2 aliphatic heterocycles. The smallest absolute Gasteiger partial charge is 0.256 e. The van der Waals surface area contributed by atoms with Gasteiger partial charge in [0.2, 0.25) is 23.6 Å². The van der Waals surface area contributed by atoms with Gasteiger partial charge in [0, 0.05) is 7.05 Å². The number of carbonyl (C=O) groups is 4. The van der Waals surface area contributed by atoms with E-state index in [0.29, 0.717) is 11.8 Å². The summed E-state index contributed by atoms with van der Waals surface area (Å²) in [5.74, 6) is 0.846. The Kier molecular flexibility index (Phi) is 2.43. The molecule has 1 radical (unpaired) electrons. The van der Waals surface area contributed by atoms with Crippen LogP contribution < -0.4 is 0 Å². The number of amides is 4. The van der Waals surface area contributed by atoms with Crippen molar-refractivity contribution in [2.45, 2.75) is 19.7 Å². The third-order valence-corrected chi connectivity index (χ3v) is 8.66. The molecule has 10 atom stereocenters. The van der Waals surface area contributed by atoms with Crippen LogP contribution in [-0.4, -0.2) is 47.8 Å². The second-order valence-corrected chi connectivity index (χ2v) is 8.92. The normalized spacial score (nSPS) is 54.6. The van der Waals surface area contributed by atoms with Gasteiger partial charge in [-0.3, -0.25) is 24.1 Å². The van der Waals surface area contributed by atoms with Crippen LogP contribution in [0.5, 0.6) is 0 Å². The highest BCUT2D eigenvalue weighted by Crippen LogP contribution is 2.74. The molecule has 0 aromatic carbocycles. The van der Waals surface area contributed by atoms with Gasteiger partial charge in [-0.05, 0) is 48.3 Å². The summed E-state index contributed by atoms with van der Waals surface area (Å²) >= 11 is 0. The zero-order valence-corrected chi connectivity index (χ0v) is 14.3. The highest BCUT2D eigenvalue weighted by Gasteiger charge is 2.76. The van der Waals surface area contributed by atoms with E-state index in [1.807, 2.05) is 0 Å². The minimum absolute atomic E-state index is 0.0161. The minimum atomic E-state index is -0.183. The van der Waals surface area contributed by atoms with Crippen molar-refractivity contribution in [2.75, 3.05) is 7.05 Å². The fraction of sp³-hybridized carbons (Fsp3) is 0.778. The minimum Gasteiger partial charge on any atom is -0.334 e. The van der Waals surface area contributed by atoms with E-state index in [0.717, 1.165) is 12.8 Å². The molecule has 4 saturated carbocycles. The van der Waals surface area contributed by atoms with E-state index in [9.17, 15) is 19.2 Å². The first-order valence-corrected chi connectivity index (χ1v) is 9.45. The maximum atomic E-state index is 12.8. The van der Waals surface area contributed by atoms with Gasteiger partial charge in [-0.25, -0.2) is 0 Å². The molecule has 4 amide bonds. The van der Waals surface area contributed by atoms with E-state index < -0.39 is 0 Å². The Labute approximate surface area is 146 Å². The lowest BCUT2D eigenvalue weighted by molar-refractivity contribution is -0.139. The molecule has 6 rings (SSSR count). The molecule has 7 heteroatoms. The molecular weight excluding hydrogens is 319 g/mol. The number of carbonyl (C=O) groups excluding carboxylic acids is 4. The third-order valence-electron chi connectivity index (χ3n) is 8.66. The van der Waals surface area contributed by atoms with Crippen molar-refractivity contribution in [3.8, 4) is 0 Å². The van der Waals surface area contributed by atoms with Gasteiger partial charge in [-0.1, -0.05) is 6.82 Å². The number of fused-ring (bicyclic) bond motifs is 15. The predicted molar refractivity (Wildman–Crippen MR) is 85.4 cm³/mol. The van der Waals surface area contributed by atoms with Crippen LogP contribution in [0, 0.1) is 59.2 Å². The molecule has 25 heavy (non-hydrogen) atoms. The summed E-state index contributed by atoms with van der Waals surface area (Å²) in [6.45, 7) is 1.74. The molecule has 2 unspecified atom stereocenters. The zero-order valence-electron chi connectivity index (χ0n) is 14.3. The lowest BCUT2D eigenvalue weighted by atomic mass is 9.59. The molecule has 0 aromatic rings. The molecule has 6 nitrogen and oxygen atoms in total. The molecule has 0 N–H and O–H groups in total. The van der Waals surface area contributed by atoms with E-state index in [4.69, 9.17) is 0 Å². The molecule has 2 heterocycles. The molecule has 0 spiro atoms. The summed E-state index contributed by atoms with van der Waals surface area (Å²) < 4.78 is 0. The Morgan fingerprint density at radius 3 is 1.44 bits per heavy atom. The first-order chi connectivity index (χ1) is 12.0. The zero-order chi connectivity index (χ0) is 17.4. The summed E-state index contributed by atoms with van der Waals surface area (Å²) in [6, 6.07) is 0. The summed E-state index contributed by atoms with van der Waals surface area (Å²) in [6.07, 6.45) is 1.87. The number of likely N-dealkylation sites (tertiary alicyclic amines) is 1. The maximum Gasteiger partial charge on any atom is 0.256 e. The lowest BCUT2D eigenvalue weighted by Crippen LogP contribution is -2.45. The highest BCUT2D eigenvalue weighted by atomic mass is 16.2. The fourth-order valence-electron chi connectivity index (χ4n) is 8.23. The fourth-order valence-corrected chi connectivity index (χ4v) is 8.23. The second-order valence-electron chi connectivity index (χ2n) is 8.92. The van der Waals surface area contributed by atoms with Gasteiger partial charge < -0.3 is 4.81 Å². The van der Waals surface area contributed by atoms with Crippen LogP contribution in [0.2, 0.25) is 6.82 Å². The number of hydrogen-bond donors (Lipinski definition) is 0. The number of nitrogens with zero attached hydrogens (tertiary/aromatic N) is 2. The van der Waals surface area contributed by atoms with Gasteiger partial charge in [0.1, 0.15) is 0 Å². The van der Waals surface area contributed by atoms with Crippen molar-refractivity contribution in [3.05, 3.63) is 0 Å². The maximum absolute atomic E-state index is 12.8. The monoisotopic (exact) mass is 339 g/mol. The van der Waals surface area contributed by atoms with Crippen LogP contribution in [0.4, 0.5) is 0 Å². The van der Waals surface area contributed by atoms with Crippen LogP contribution in [0.15, 0.2) is 0 Å². The predicted octanol–water partition coefficient (Wildman–Crippen LogP) is 0.0177. The van der Waals surface area contributed by atoms with Crippen molar-refractivity contribution < 1.29 is 19.2 Å². The SMILES string of the molecule is C[B]N1C(=O)[C@@H]2[C@H](C1=O)[C@@H]1C[C@H]2C2C1[C@H]1C[C@@H]2[C@@H]2C(=O)N(C)C(=O)[C@@H]21. The highest BCUT2D eigenvalue weighted by molar-refractivity contribution is 6.43. The van der Waals surface area contributed by atoms with Crippen LogP contribution in [0.1, 0.15) is 12.8 Å². The van der Waals surface area contributed by atoms with Gasteiger partial charge in [-0.2, -0.15) is 0 Å². The molecule has 0 aromatic heterocycles. The molecule has 4 bridgehead atoms. The van der Waals surface area contributed by atoms with Crippen molar-refractivity contribution in [2.24, 2.45) is 59.2 Å². The quantitative estimate of drug-likeness (QED) is 0.383. The summed E-state index contributed by atoms with van der Waals surface area (Å²) in [7, 11) is 3.20. The van der Waals surface area contributed by atoms with E-state index >= 15 is 0 Å². The van der Waals surface area contributed by atoms with Gasteiger partial charge >= 0.3 is 0 Å². The first kappa shape index (κ1) is 14.5. The molecule has 6 aliphatic rings. The Morgan fingerprint density at radius 2 is 1.08 bits per heavy atom. The average molecular weight is 339 g/mol. The van der Waals surface area contributed by atoms with Crippen molar-refractivity contribution in [1.29, 1.82) is 0 Å². The second kappa shape index (κ2) is 4.18. The van der Waals surface area contributed by atoms with Crippen LogP contribution >= 0.6 is 0 Å². The Bertz CT molecular complexity index is 710. The molecule has 4 aliphatic carbocycles. The van der Waals surface area contributed by atoms with Gasteiger partial charge in [-0.15, -0.1) is 0 Å². The molecule has 2 saturated heterocycles.